The molecule has 1 amide bonds. The number of aromatic nitrogens is 2. The highest BCUT2D eigenvalue weighted by atomic mass is 35.5. The third-order valence-electron chi connectivity index (χ3n) is 5.29. The zero-order valence-corrected chi connectivity index (χ0v) is 19.5. The fraction of sp³-hybridized carbons (Fsp3) is 0.292. The van der Waals surface area contributed by atoms with Crippen molar-refractivity contribution in [3.8, 4) is 16.9 Å². The van der Waals surface area contributed by atoms with Crippen LogP contribution < -0.4 is 5.32 Å². The van der Waals surface area contributed by atoms with E-state index in [0.29, 0.717) is 39.1 Å². The molecule has 2 aromatic carbocycles. The van der Waals surface area contributed by atoms with Crippen LogP contribution in [0.25, 0.3) is 16.9 Å². The highest BCUT2D eigenvalue weighted by molar-refractivity contribution is 6.36. The fourth-order valence-corrected chi connectivity index (χ4v) is 4.15. The van der Waals surface area contributed by atoms with E-state index < -0.39 is 5.97 Å². The quantitative estimate of drug-likeness (QED) is 0.477. The molecule has 0 saturated carbocycles. The van der Waals surface area contributed by atoms with E-state index in [4.69, 9.17) is 32.7 Å². The van der Waals surface area contributed by atoms with Crippen molar-refractivity contribution in [1.29, 1.82) is 0 Å². The Hall–Kier alpha value is -2.87. The van der Waals surface area contributed by atoms with Crippen LogP contribution >= 0.6 is 23.2 Å². The number of benzene rings is 2. The monoisotopic (exact) mass is 487 g/mol. The molecule has 1 aliphatic heterocycles. The molecule has 1 saturated heterocycles. The summed E-state index contributed by atoms with van der Waals surface area (Å²) in [7, 11) is 0. The first kappa shape index (κ1) is 23.3. The molecule has 0 radical (unpaired) electrons. The molecular weight excluding hydrogens is 465 g/mol. The summed E-state index contributed by atoms with van der Waals surface area (Å²) < 4.78 is 12.2. The van der Waals surface area contributed by atoms with Crippen molar-refractivity contribution >= 4 is 35.1 Å². The Labute approximate surface area is 201 Å². The minimum atomic E-state index is -0.535. The molecule has 3 aromatic rings. The number of carbonyl (C=O) groups excluding carboxylic acids is 2. The molecule has 1 atom stereocenters. The lowest BCUT2D eigenvalue weighted by Crippen LogP contribution is -2.31. The summed E-state index contributed by atoms with van der Waals surface area (Å²) in [5, 5.41) is 8.26. The van der Waals surface area contributed by atoms with E-state index >= 15 is 0 Å². The maximum absolute atomic E-state index is 12.5. The molecule has 1 fully saturated rings. The Morgan fingerprint density at radius 1 is 1.18 bits per heavy atom. The summed E-state index contributed by atoms with van der Waals surface area (Å²) in [4.78, 5) is 24.8. The normalized spacial score (nSPS) is 15.4. The first-order valence-electron chi connectivity index (χ1n) is 10.7. The zero-order valence-electron chi connectivity index (χ0n) is 18.0. The SMILES string of the molecule is CCOC(=O)c1cc(-c2ccc(Cl)cc2Cl)n(-c2ccc(C(=O)NC[C@@H]3CCCO3)cc2)n1. The molecule has 4 rings (SSSR count). The van der Waals surface area contributed by atoms with E-state index in [1.165, 1.54) is 0 Å². The van der Waals surface area contributed by atoms with Crippen LogP contribution in [0.5, 0.6) is 0 Å². The van der Waals surface area contributed by atoms with Gasteiger partial charge >= 0.3 is 5.97 Å². The van der Waals surface area contributed by atoms with Crippen molar-refractivity contribution in [3.05, 3.63) is 69.8 Å². The lowest BCUT2D eigenvalue weighted by Gasteiger charge is -2.12. The molecule has 172 valence electrons. The maximum Gasteiger partial charge on any atom is 0.358 e. The molecule has 0 aliphatic carbocycles. The molecule has 33 heavy (non-hydrogen) atoms. The van der Waals surface area contributed by atoms with Gasteiger partial charge in [-0.05, 0) is 68.3 Å². The van der Waals surface area contributed by atoms with E-state index in [-0.39, 0.29) is 24.3 Å². The van der Waals surface area contributed by atoms with Crippen molar-refractivity contribution in [1.82, 2.24) is 15.1 Å². The Bertz CT molecular complexity index is 1160. The molecule has 1 aliphatic rings. The van der Waals surface area contributed by atoms with Gasteiger partial charge in [-0.1, -0.05) is 23.2 Å². The number of hydrogen-bond donors (Lipinski definition) is 1. The van der Waals surface area contributed by atoms with E-state index in [2.05, 4.69) is 10.4 Å². The van der Waals surface area contributed by atoms with Crippen LogP contribution in [-0.4, -0.2) is 47.5 Å². The maximum atomic E-state index is 12.5. The van der Waals surface area contributed by atoms with Gasteiger partial charge in [0.15, 0.2) is 5.69 Å². The summed E-state index contributed by atoms with van der Waals surface area (Å²) >= 11 is 12.5. The molecule has 1 aromatic heterocycles. The lowest BCUT2D eigenvalue weighted by molar-refractivity contribution is 0.0519. The number of rotatable bonds is 7. The first-order valence-corrected chi connectivity index (χ1v) is 11.4. The Kier molecular flexibility index (Phi) is 7.33. The average Bonchev–Trinajstić information content (AvgIpc) is 3.48. The molecule has 9 heteroatoms. The van der Waals surface area contributed by atoms with Crippen molar-refractivity contribution in [3.63, 3.8) is 0 Å². The first-order chi connectivity index (χ1) is 16.0. The summed E-state index contributed by atoms with van der Waals surface area (Å²) in [5.74, 6) is -0.710. The van der Waals surface area contributed by atoms with Crippen LogP contribution in [0.2, 0.25) is 10.0 Å². The summed E-state index contributed by atoms with van der Waals surface area (Å²) in [6.45, 7) is 3.20. The summed E-state index contributed by atoms with van der Waals surface area (Å²) in [6.07, 6.45) is 2.05. The minimum absolute atomic E-state index is 0.0743. The Morgan fingerprint density at radius 3 is 2.64 bits per heavy atom. The van der Waals surface area contributed by atoms with Crippen LogP contribution in [0.4, 0.5) is 0 Å². The number of carbonyl (C=O) groups is 2. The molecule has 7 nitrogen and oxygen atoms in total. The van der Waals surface area contributed by atoms with Gasteiger partial charge in [0, 0.05) is 29.3 Å². The molecule has 1 N–H and O–H groups in total. The average molecular weight is 488 g/mol. The number of esters is 1. The van der Waals surface area contributed by atoms with Gasteiger partial charge in [-0.3, -0.25) is 4.79 Å². The highest BCUT2D eigenvalue weighted by Crippen LogP contribution is 2.32. The van der Waals surface area contributed by atoms with Crippen molar-refractivity contribution in [2.24, 2.45) is 0 Å². The topological polar surface area (TPSA) is 82.5 Å². The number of hydrogen-bond acceptors (Lipinski definition) is 5. The Balaban J connectivity index is 1.62. The second kappa shape index (κ2) is 10.4. The smallest absolute Gasteiger partial charge is 0.358 e. The number of amides is 1. The second-order valence-corrected chi connectivity index (χ2v) is 8.41. The largest absolute Gasteiger partial charge is 0.461 e. The zero-order chi connectivity index (χ0) is 23.4. The van der Waals surface area contributed by atoms with Gasteiger partial charge in [0.2, 0.25) is 0 Å². The van der Waals surface area contributed by atoms with E-state index in [1.54, 1.807) is 60.1 Å². The highest BCUT2D eigenvalue weighted by Gasteiger charge is 2.20. The number of ether oxygens (including phenoxy) is 2. The van der Waals surface area contributed by atoms with E-state index in [9.17, 15) is 9.59 Å². The number of halogens is 2. The van der Waals surface area contributed by atoms with Gasteiger partial charge in [0.25, 0.3) is 5.91 Å². The standard InChI is InChI=1S/C24H23Cl2N3O4/c1-2-32-24(31)21-13-22(19-10-7-16(25)12-20(19)26)29(28-21)17-8-5-15(6-9-17)23(30)27-14-18-4-3-11-33-18/h5-10,12-13,18H,2-4,11,14H2,1H3,(H,27,30)/t18-/m0/s1. The van der Waals surface area contributed by atoms with Crippen LogP contribution in [0.1, 0.15) is 40.6 Å². The second-order valence-electron chi connectivity index (χ2n) is 7.56. The summed E-state index contributed by atoms with van der Waals surface area (Å²) in [5.41, 5.74) is 2.57. The van der Waals surface area contributed by atoms with Gasteiger partial charge in [-0.2, -0.15) is 5.10 Å². The van der Waals surface area contributed by atoms with Crippen LogP contribution in [-0.2, 0) is 9.47 Å². The van der Waals surface area contributed by atoms with Gasteiger partial charge in [-0.15, -0.1) is 0 Å². The van der Waals surface area contributed by atoms with Crippen LogP contribution in [0.3, 0.4) is 0 Å². The van der Waals surface area contributed by atoms with Crippen molar-refractivity contribution in [2.75, 3.05) is 19.8 Å². The minimum Gasteiger partial charge on any atom is -0.461 e. The third-order valence-corrected chi connectivity index (χ3v) is 5.84. The van der Waals surface area contributed by atoms with Crippen LogP contribution in [0.15, 0.2) is 48.5 Å². The van der Waals surface area contributed by atoms with Gasteiger partial charge < -0.3 is 14.8 Å². The molecule has 0 bridgehead atoms. The van der Waals surface area contributed by atoms with Crippen LogP contribution in [0, 0.1) is 0 Å². The van der Waals surface area contributed by atoms with Crippen molar-refractivity contribution < 1.29 is 19.1 Å². The molecule has 2 heterocycles. The molecule has 0 unspecified atom stereocenters. The van der Waals surface area contributed by atoms with Gasteiger partial charge in [0.1, 0.15) is 0 Å². The number of nitrogens with one attached hydrogen (secondary N) is 1. The lowest BCUT2D eigenvalue weighted by atomic mass is 10.1. The predicted octanol–water partition coefficient (Wildman–Crippen LogP) is 4.93. The fourth-order valence-electron chi connectivity index (χ4n) is 3.64. The third kappa shape index (κ3) is 5.38. The molecule has 0 spiro atoms. The Morgan fingerprint density at radius 2 is 1.97 bits per heavy atom. The van der Waals surface area contributed by atoms with E-state index in [1.807, 2.05) is 0 Å². The summed E-state index contributed by atoms with van der Waals surface area (Å²) in [6, 6.07) is 13.7. The predicted molar refractivity (Wildman–Crippen MR) is 126 cm³/mol. The number of nitrogens with zero attached hydrogens (tertiary/aromatic N) is 2. The van der Waals surface area contributed by atoms with Gasteiger partial charge in [0.05, 0.1) is 29.1 Å². The molecular formula is C24H23Cl2N3O4. The van der Waals surface area contributed by atoms with E-state index in [0.717, 1.165) is 19.4 Å². The van der Waals surface area contributed by atoms with Gasteiger partial charge in [-0.25, -0.2) is 9.48 Å². The van der Waals surface area contributed by atoms with Crippen molar-refractivity contribution in [2.45, 2.75) is 25.9 Å².